The van der Waals surface area contributed by atoms with Gasteiger partial charge in [0.2, 0.25) is 0 Å². The third-order valence-corrected chi connectivity index (χ3v) is 2.73. The van der Waals surface area contributed by atoms with E-state index in [-0.39, 0.29) is 0 Å². The zero-order valence-corrected chi connectivity index (χ0v) is 10.2. The Hall–Kier alpha value is -1.03. The first-order valence-corrected chi connectivity index (χ1v) is 5.97. The molecule has 0 saturated carbocycles. The fourth-order valence-electron chi connectivity index (χ4n) is 1.89. The van der Waals surface area contributed by atoms with Crippen LogP contribution in [-0.2, 0) is 4.74 Å². The molecule has 16 heavy (non-hydrogen) atoms. The first-order valence-electron chi connectivity index (χ1n) is 5.97. The van der Waals surface area contributed by atoms with Crippen LogP contribution in [0.1, 0.15) is 19.8 Å². The van der Waals surface area contributed by atoms with Gasteiger partial charge in [0.05, 0.1) is 19.8 Å². The number of hydrogen-bond acceptors (Lipinski definition) is 2. The highest BCUT2D eigenvalue weighted by molar-refractivity contribution is 5.78. The number of hydrogen-bond donors (Lipinski definition) is 1. The number of guanidine groups is 1. The Morgan fingerprint density at radius 2 is 2.50 bits per heavy atom. The molecule has 1 heterocycles. The van der Waals surface area contributed by atoms with Crippen LogP contribution >= 0.6 is 0 Å². The van der Waals surface area contributed by atoms with Gasteiger partial charge in [0, 0.05) is 13.1 Å². The Morgan fingerprint density at radius 1 is 1.69 bits per heavy atom. The minimum Gasteiger partial charge on any atom is -0.375 e. The predicted octanol–water partition coefficient (Wildman–Crippen LogP) is 1.24. The zero-order chi connectivity index (χ0) is 11.8. The molecule has 0 aliphatic carbocycles. The van der Waals surface area contributed by atoms with Crippen LogP contribution in [0.5, 0.6) is 0 Å². The van der Waals surface area contributed by atoms with Crippen LogP contribution in [0, 0.1) is 5.92 Å². The maximum absolute atomic E-state index is 5.93. The quantitative estimate of drug-likeness (QED) is 0.331. The van der Waals surface area contributed by atoms with Crippen LogP contribution in [0.2, 0.25) is 0 Å². The van der Waals surface area contributed by atoms with Gasteiger partial charge in [-0.05, 0) is 18.8 Å². The van der Waals surface area contributed by atoms with Crippen LogP contribution in [0.15, 0.2) is 17.6 Å². The molecule has 0 unspecified atom stereocenters. The number of piperidine rings is 1. The third-order valence-electron chi connectivity index (χ3n) is 2.73. The van der Waals surface area contributed by atoms with Crippen molar-refractivity contribution in [2.45, 2.75) is 19.8 Å². The fraction of sp³-hybridized carbons (Fsp3) is 0.750. The summed E-state index contributed by atoms with van der Waals surface area (Å²) >= 11 is 0. The second-order valence-electron chi connectivity index (χ2n) is 4.30. The topological polar surface area (TPSA) is 50.9 Å². The van der Waals surface area contributed by atoms with Crippen LogP contribution < -0.4 is 5.73 Å². The highest BCUT2D eigenvalue weighted by Gasteiger charge is 2.17. The largest absolute Gasteiger partial charge is 0.375 e. The van der Waals surface area contributed by atoms with Crippen LogP contribution in [0.25, 0.3) is 0 Å². The lowest BCUT2D eigenvalue weighted by Crippen LogP contribution is -2.43. The molecule has 1 fully saturated rings. The van der Waals surface area contributed by atoms with Gasteiger partial charge in [0.25, 0.3) is 0 Å². The molecule has 0 amide bonds. The second-order valence-corrected chi connectivity index (χ2v) is 4.30. The van der Waals surface area contributed by atoms with Crippen molar-refractivity contribution >= 4 is 5.96 Å². The average Bonchev–Trinajstić information content (AvgIpc) is 2.28. The van der Waals surface area contributed by atoms with Gasteiger partial charge in [0.1, 0.15) is 0 Å². The molecule has 4 nitrogen and oxygen atoms in total. The van der Waals surface area contributed by atoms with Gasteiger partial charge in [-0.15, -0.1) is 6.58 Å². The number of rotatable bonds is 5. The van der Waals surface area contributed by atoms with Crippen LogP contribution in [0.4, 0.5) is 0 Å². The molecule has 2 N–H and O–H groups in total. The van der Waals surface area contributed by atoms with Crippen LogP contribution in [-0.4, -0.2) is 43.7 Å². The average molecular weight is 225 g/mol. The molecule has 92 valence electrons. The minimum atomic E-state index is 0.580. The van der Waals surface area contributed by atoms with Crippen molar-refractivity contribution in [1.29, 1.82) is 0 Å². The minimum absolute atomic E-state index is 0.580. The third kappa shape index (κ3) is 4.66. The van der Waals surface area contributed by atoms with Gasteiger partial charge in [-0.3, -0.25) is 4.99 Å². The van der Waals surface area contributed by atoms with E-state index in [1.165, 1.54) is 12.8 Å². The van der Waals surface area contributed by atoms with E-state index < -0.39 is 0 Å². The van der Waals surface area contributed by atoms with E-state index in [2.05, 4.69) is 23.4 Å². The van der Waals surface area contributed by atoms with Crippen molar-refractivity contribution in [3.63, 3.8) is 0 Å². The lowest BCUT2D eigenvalue weighted by molar-refractivity contribution is 0.170. The maximum Gasteiger partial charge on any atom is 0.191 e. The lowest BCUT2D eigenvalue weighted by atomic mass is 10.0. The van der Waals surface area contributed by atoms with Gasteiger partial charge < -0.3 is 15.4 Å². The molecular formula is C12H23N3O. The Labute approximate surface area is 98.2 Å². The summed E-state index contributed by atoms with van der Waals surface area (Å²) in [6, 6.07) is 0. The zero-order valence-electron chi connectivity index (χ0n) is 10.2. The van der Waals surface area contributed by atoms with Crippen molar-refractivity contribution in [2.75, 3.05) is 32.8 Å². The first kappa shape index (κ1) is 13.0. The summed E-state index contributed by atoms with van der Waals surface area (Å²) in [7, 11) is 0. The molecule has 0 aromatic carbocycles. The summed E-state index contributed by atoms with van der Waals surface area (Å²) in [4.78, 5) is 6.48. The molecule has 1 atom stereocenters. The molecule has 0 aromatic rings. The second kappa shape index (κ2) is 7.28. The van der Waals surface area contributed by atoms with Gasteiger partial charge >= 0.3 is 0 Å². The molecule has 0 spiro atoms. The molecular weight excluding hydrogens is 202 g/mol. The maximum atomic E-state index is 5.93. The van der Waals surface area contributed by atoms with Crippen molar-refractivity contribution in [1.82, 2.24) is 4.90 Å². The van der Waals surface area contributed by atoms with Crippen molar-refractivity contribution in [2.24, 2.45) is 16.6 Å². The number of nitrogens with zero attached hydrogens (tertiary/aromatic N) is 2. The Kier molecular flexibility index (Phi) is 5.93. The smallest absolute Gasteiger partial charge is 0.191 e. The van der Waals surface area contributed by atoms with Gasteiger partial charge in [-0.25, -0.2) is 0 Å². The number of ether oxygens (including phenoxy) is 1. The molecule has 4 heteroatoms. The Bertz CT molecular complexity index is 240. The highest BCUT2D eigenvalue weighted by Crippen LogP contribution is 2.14. The number of likely N-dealkylation sites (tertiary alicyclic amines) is 1. The van der Waals surface area contributed by atoms with Crippen molar-refractivity contribution < 1.29 is 4.74 Å². The fourth-order valence-corrected chi connectivity index (χ4v) is 1.89. The summed E-state index contributed by atoms with van der Waals surface area (Å²) in [6.45, 7) is 9.72. The molecule has 0 aromatic heterocycles. The van der Waals surface area contributed by atoms with E-state index in [4.69, 9.17) is 10.5 Å². The van der Waals surface area contributed by atoms with Gasteiger partial charge in [-0.1, -0.05) is 13.0 Å². The van der Waals surface area contributed by atoms with E-state index in [9.17, 15) is 0 Å². The summed E-state index contributed by atoms with van der Waals surface area (Å²) in [6.07, 6.45) is 4.25. The number of nitrogens with two attached hydrogens (primary N) is 1. The SMILES string of the molecule is C=CCOCCN=C(N)N1CCC[C@H](C)C1. The molecule has 0 bridgehead atoms. The predicted molar refractivity (Wildman–Crippen MR) is 67.5 cm³/mol. The molecule has 1 saturated heterocycles. The van der Waals surface area contributed by atoms with Gasteiger partial charge in [0.15, 0.2) is 5.96 Å². The summed E-state index contributed by atoms with van der Waals surface area (Å²) < 4.78 is 5.24. The Balaban J connectivity index is 2.23. The van der Waals surface area contributed by atoms with Crippen LogP contribution in [0.3, 0.4) is 0 Å². The van der Waals surface area contributed by atoms with Crippen molar-refractivity contribution in [3.05, 3.63) is 12.7 Å². The number of aliphatic imine (C=N–C) groups is 1. The Morgan fingerprint density at radius 3 is 3.19 bits per heavy atom. The molecule has 1 aliphatic rings. The van der Waals surface area contributed by atoms with E-state index >= 15 is 0 Å². The monoisotopic (exact) mass is 225 g/mol. The summed E-state index contributed by atoms with van der Waals surface area (Å²) in [5, 5.41) is 0. The first-order chi connectivity index (χ1) is 7.74. The summed E-state index contributed by atoms with van der Waals surface area (Å²) in [5.41, 5.74) is 5.93. The molecule has 1 aliphatic heterocycles. The molecule has 1 rings (SSSR count). The van der Waals surface area contributed by atoms with Crippen molar-refractivity contribution in [3.8, 4) is 0 Å². The highest BCUT2D eigenvalue weighted by atomic mass is 16.5. The van der Waals surface area contributed by atoms with E-state index in [1.54, 1.807) is 6.08 Å². The summed E-state index contributed by atoms with van der Waals surface area (Å²) in [5.74, 6) is 1.38. The van der Waals surface area contributed by atoms with Gasteiger partial charge in [-0.2, -0.15) is 0 Å². The van der Waals surface area contributed by atoms with E-state index in [1.807, 2.05) is 0 Å². The standard InChI is InChI=1S/C12H23N3O/c1-3-8-16-9-6-14-12(13)15-7-4-5-11(2)10-15/h3,11H,1,4-10H2,2H3,(H2,13,14)/t11-/m0/s1. The van der Waals surface area contributed by atoms with E-state index in [0.717, 1.165) is 19.0 Å². The lowest BCUT2D eigenvalue weighted by Gasteiger charge is -2.31. The molecule has 0 radical (unpaired) electrons. The normalized spacial score (nSPS) is 22.2. The van der Waals surface area contributed by atoms with E-state index in [0.29, 0.717) is 25.7 Å².